The summed E-state index contributed by atoms with van der Waals surface area (Å²) < 4.78 is 33.6. The quantitative estimate of drug-likeness (QED) is 0.387. The molecule has 0 aliphatic carbocycles. The third kappa shape index (κ3) is 5.79. The van der Waals surface area contributed by atoms with E-state index in [4.69, 9.17) is 27.9 Å². The minimum atomic E-state index is -3.81. The van der Waals surface area contributed by atoms with Crippen LogP contribution in [0.2, 0.25) is 10.2 Å². The lowest BCUT2D eigenvalue weighted by molar-refractivity contribution is 0.0491. The summed E-state index contributed by atoms with van der Waals surface area (Å²) in [7, 11) is -3.81. The summed E-state index contributed by atoms with van der Waals surface area (Å²) in [5, 5.41) is 0.486. The van der Waals surface area contributed by atoms with Crippen molar-refractivity contribution < 1.29 is 17.9 Å². The second kappa shape index (κ2) is 10.0. The first-order chi connectivity index (χ1) is 14.4. The molecule has 30 heavy (non-hydrogen) atoms. The smallest absolute Gasteiger partial charge is 0.341 e. The van der Waals surface area contributed by atoms with E-state index in [9.17, 15) is 13.2 Å². The predicted molar refractivity (Wildman–Crippen MR) is 115 cm³/mol. The van der Waals surface area contributed by atoms with Crippen molar-refractivity contribution in [2.45, 2.75) is 17.4 Å². The molecule has 0 aliphatic heterocycles. The Balaban J connectivity index is 1.73. The highest BCUT2D eigenvalue weighted by molar-refractivity contribution is 7.89. The minimum absolute atomic E-state index is 0.0211. The Bertz CT molecular complexity index is 1110. The number of hydrogen-bond acceptors (Lipinski definition) is 5. The van der Waals surface area contributed by atoms with E-state index in [1.165, 1.54) is 36.5 Å². The molecule has 1 atom stereocenters. The van der Waals surface area contributed by atoms with E-state index in [0.29, 0.717) is 5.02 Å². The molecule has 1 aromatic heterocycles. The molecular weight excluding hydrogens is 447 g/mol. The largest absolute Gasteiger partial charge is 0.462 e. The molecule has 3 aromatic rings. The highest BCUT2D eigenvalue weighted by Gasteiger charge is 2.22. The van der Waals surface area contributed by atoms with Crippen molar-refractivity contribution in [2.75, 3.05) is 6.61 Å². The fourth-order valence-corrected chi connectivity index (χ4v) is 4.32. The number of rotatable bonds is 8. The monoisotopic (exact) mass is 464 g/mol. The van der Waals surface area contributed by atoms with Gasteiger partial charge in [-0.3, -0.25) is 0 Å². The van der Waals surface area contributed by atoms with Crippen molar-refractivity contribution in [1.29, 1.82) is 0 Å². The maximum atomic E-state index is 12.8. The summed E-state index contributed by atoms with van der Waals surface area (Å²) in [5.74, 6) is -0.625. The molecule has 0 bridgehead atoms. The van der Waals surface area contributed by atoms with Crippen LogP contribution in [0.4, 0.5) is 0 Å². The molecule has 1 heterocycles. The second-order valence-electron chi connectivity index (χ2n) is 6.30. The van der Waals surface area contributed by atoms with Gasteiger partial charge in [-0.2, -0.15) is 0 Å². The summed E-state index contributed by atoms with van der Waals surface area (Å²) >= 11 is 11.8. The van der Waals surface area contributed by atoms with Crippen LogP contribution in [-0.2, 0) is 14.8 Å². The minimum Gasteiger partial charge on any atom is -0.462 e. The second-order valence-corrected chi connectivity index (χ2v) is 8.81. The molecule has 156 valence electrons. The lowest BCUT2D eigenvalue weighted by Gasteiger charge is -2.19. The van der Waals surface area contributed by atoms with Crippen molar-refractivity contribution in [1.82, 2.24) is 9.71 Å². The van der Waals surface area contributed by atoms with Gasteiger partial charge in [0, 0.05) is 17.6 Å². The van der Waals surface area contributed by atoms with Gasteiger partial charge in [0.2, 0.25) is 10.0 Å². The number of halogens is 2. The van der Waals surface area contributed by atoms with Crippen LogP contribution in [-0.4, -0.2) is 26.0 Å². The van der Waals surface area contributed by atoms with Crippen molar-refractivity contribution >= 4 is 39.2 Å². The van der Waals surface area contributed by atoms with E-state index in [2.05, 4.69) is 9.71 Å². The average molecular weight is 465 g/mol. The first-order valence-corrected chi connectivity index (χ1v) is 11.2. The standard InChI is InChI=1S/C21H18Cl2N2O4S/c22-16-8-10-17(11-9-16)30(27,28)25-19(15-5-2-1-3-6-15)12-14-29-21(26)18-7-4-13-24-20(18)23/h1-11,13,19,25H,12,14H2/t19-/m0/s1. The lowest BCUT2D eigenvalue weighted by Crippen LogP contribution is -2.29. The van der Waals surface area contributed by atoms with Crippen LogP contribution in [0.25, 0.3) is 0 Å². The summed E-state index contributed by atoms with van der Waals surface area (Å²) in [6, 6.07) is 17.4. The molecular formula is C21H18Cl2N2O4S. The molecule has 0 spiro atoms. The van der Waals surface area contributed by atoms with Gasteiger partial charge in [-0.25, -0.2) is 22.9 Å². The van der Waals surface area contributed by atoms with Gasteiger partial charge < -0.3 is 4.74 Å². The fourth-order valence-electron chi connectivity index (χ4n) is 2.73. The Hall–Kier alpha value is -2.45. The molecule has 1 N–H and O–H groups in total. The van der Waals surface area contributed by atoms with Crippen LogP contribution in [0.1, 0.15) is 28.4 Å². The number of pyridine rings is 1. The number of ether oxygens (including phenoxy) is 1. The van der Waals surface area contributed by atoms with Crippen molar-refractivity contribution in [2.24, 2.45) is 0 Å². The summed E-state index contributed by atoms with van der Waals surface area (Å²) in [4.78, 5) is 16.2. The number of carbonyl (C=O) groups excluding carboxylic acids is 1. The maximum absolute atomic E-state index is 12.8. The normalized spacial score (nSPS) is 12.3. The fraction of sp³-hybridized carbons (Fsp3) is 0.143. The van der Waals surface area contributed by atoms with Gasteiger partial charge in [0.1, 0.15) is 5.15 Å². The lowest BCUT2D eigenvalue weighted by atomic mass is 10.1. The molecule has 0 radical (unpaired) electrons. The van der Waals surface area contributed by atoms with Crippen LogP contribution in [0, 0.1) is 0 Å². The Morgan fingerprint density at radius 2 is 1.70 bits per heavy atom. The molecule has 0 aliphatic rings. The topological polar surface area (TPSA) is 85.4 Å². The summed E-state index contributed by atoms with van der Waals surface area (Å²) in [5.41, 5.74) is 0.891. The number of esters is 1. The van der Waals surface area contributed by atoms with Crippen LogP contribution in [0.3, 0.4) is 0 Å². The molecule has 0 saturated carbocycles. The van der Waals surface area contributed by atoms with E-state index in [-0.39, 0.29) is 28.6 Å². The van der Waals surface area contributed by atoms with E-state index < -0.39 is 22.0 Å². The van der Waals surface area contributed by atoms with Gasteiger partial charge in [0.05, 0.1) is 23.1 Å². The zero-order valence-corrected chi connectivity index (χ0v) is 18.0. The first kappa shape index (κ1) is 22.2. The van der Waals surface area contributed by atoms with Gasteiger partial charge in [0.25, 0.3) is 0 Å². The van der Waals surface area contributed by atoms with Gasteiger partial charge >= 0.3 is 5.97 Å². The number of hydrogen-bond donors (Lipinski definition) is 1. The maximum Gasteiger partial charge on any atom is 0.341 e. The number of nitrogens with zero attached hydrogens (tertiary/aromatic N) is 1. The third-order valence-electron chi connectivity index (χ3n) is 4.24. The molecule has 6 nitrogen and oxygen atoms in total. The predicted octanol–water partition coefficient (Wildman–Crippen LogP) is 4.66. The molecule has 9 heteroatoms. The Labute approximate surface area is 184 Å². The first-order valence-electron chi connectivity index (χ1n) is 8.97. The zero-order chi connectivity index (χ0) is 21.6. The third-order valence-corrected chi connectivity index (χ3v) is 6.28. The molecule has 0 fully saturated rings. The van der Waals surface area contributed by atoms with Gasteiger partial charge in [-0.05, 0) is 42.0 Å². The number of carbonyl (C=O) groups is 1. The molecule has 0 unspecified atom stereocenters. The van der Waals surface area contributed by atoms with Crippen LogP contribution >= 0.6 is 23.2 Å². The van der Waals surface area contributed by atoms with Gasteiger partial charge in [-0.1, -0.05) is 53.5 Å². The Morgan fingerprint density at radius 1 is 1.00 bits per heavy atom. The summed E-state index contributed by atoms with van der Waals surface area (Å²) in [6.07, 6.45) is 1.69. The molecule has 3 rings (SSSR count). The van der Waals surface area contributed by atoms with Crippen LogP contribution in [0.15, 0.2) is 77.8 Å². The Kier molecular flexibility index (Phi) is 7.44. The van der Waals surface area contributed by atoms with Gasteiger partial charge in [0.15, 0.2) is 0 Å². The highest BCUT2D eigenvalue weighted by atomic mass is 35.5. The average Bonchev–Trinajstić information content (AvgIpc) is 2.74. The Morgan fingerprint density at radius 3 is 2.37 bits per heavy atom. The molecule has 0 saturated heterocycles. The van der Waals surface area contributed by atoms with E-state index in [0.717, 1.165) is 5.56 Å². The number of benzene rings is 2. The van der Waals surface area contributed by atoms with Crippen molar-refractivity contribution in [3.8, 4) is 0 Å². The van der Waals surface area contributed by atoms with Gasteiger partial charge in [-0.15, -0.1) is 0 Å². The van der Waals surface area contributed by atoms with Crippen LogP contribution < -0.4 is 4.72 Å². The SMILES string of the molecule is O=C(OCC[C@H](NS(=O)(=O)c1ccc(Cl)cc1)c1ccccc1)c1cccnc1Cl. The molecule has 2 aromatic carbocycles. The molecule has 0 amide bonds. The van der Waals surface area contributed by atoms with Crippen molar-refractivity contribution in [3.05, 3.63) is 94.2 Å². The van der Waals surface area contributed by atoms with Crippen molar-refractivity contribution in [3.63, 3.8) is 0 Å². The van der Waals surface area contributed by atoms with E-state index in [1.807, 2.05) is 6.07 Å². The van der Waals surface area contributed by atoms with Crippen LogP contribution in [0.5, 0.6) is 0 Å². The zero-order valence-electron chi connectivity index (χ0n) is 15.7. The number of sulfonamides is 1. The number of nitrogens with one attached hydrogen (secondary N) is 1. The van der Waals surface area contributed by atoms with E-state index in [1.54, 1.807) is 30.3 Å². The van der Waals surface area contributed by atoms with E-state index >= 15 is 0 Å². The number of aromatic nitrogens is 1. The highest BCUT2D eigenvalue weighted by Crippen LogP contribution is 2.22. The summed E-state index contributed by atoms with van der Waals surface area (Å²) in [6.45, 7) is -0.0211.